The highest BCUT2D eigenvalue weighted by atomic mass is 16.5. The predicted molar refractivity (Wildman–Crippen MR) is 61.1 cm³/mol. The zero-order chi connectivity index (χ0) is 11.5. The molecule has 1 aliphatic heterocycles. The Morgan fingerprint density at radius 3 is 3.18 bits per heavy atom. The molecule has 0 amide bonds. The molecule has 90 valence electrons. The molecule has 1 fully saturated rings. The molecule has 2 N–H and O–H groups in total. The lowest BCUT2D eigenvalue weighted by atomic mass is 10.1. The maximum absolute atomic E-state index is 5.30. The standard InChI is InChI=1S/C11H15N5O/c1-2-4-8(12-5-3-1)11-15-10(16-17-11)9-13-6-7-14-9/h6-8,12H,1-5H2,(H,13,14). The van der Waals surface area contributed by atoms with Crippen molar-refractivity contribution in [2.45, 2.75) is 31.7 Å². The van der Waals surface area contributed by atoms with Crippen molar-refractivity contribution in [1.82, 2.24) is 25.4 Å². The molecule has 6 heteroatoms. The van der Waals surface area contributed by atoms with Gasteiger partial charge >= 0.3 is 0 Å². The van der Waals surface area contributed by atoms with Crippen molar-refractivity contribution in [3.8, 4) is 11.6 Å². The van der Waals surface area contributed by atoms with Crippen LogP contribution in [0.25, 0.3) is 11.6 Å². The highest BCUT2D eigenvalue weighted by Gasteiger charge is 2.20. The topological polar surface area (TPSA) is 79.6 Å². The van der Waals surface area contributed by atoms with E-state index in [0.29, 0.717) is 17.5 Å². The van der Waals surface area contributed by atoms with Gasteiger partial charge in [-0.2, -0.15) is 4.98 Å². The second-order valence-corrected chi connectivity index (χ2v) is 4.25. The number of imidazole rings is 1. The summed E-state index contributed by atoms with van der Waals surface area (Å²) in [5.41, 5.74) is 0. The van der Waals surface area contributed by atoms with Crippen molar-refractivity contribution in [1.29, 1.82) is 0 Å². The molecular weight excluding hydrogens is 218 g/mol. The van der Waals surface area contributed by atoms with Crippen LogP contribution in [0.4, 0.5) is 0 Å². The average molecular weight is 233 g/mol. The number of hydrogen-bond acceptors (Lipinski definition) is 5. The first-order valence-electron chi connectivity index (χ1n) is 6.00. The molecular formula is C11H15N5O. The molecule has 2 aromatic heterocycles. The first kappa shape index (κ1) is 10.5. The van der Waals surface area contributed by atoms with Gasteiger partial charge in [0.25, 0.3) is 0 Å². The van der Waals surface area contributed by atoms with E-state index in [-0.39, 0.29) is 6.04 Å². The van der Waals surface area contributed by atoms with Crippen LogP contribution in [0.5, 0.6) is 0 Å². The second kappa shape index (κ2) is 4.67. The average Bonchev–Trinajstić information content (AvgIpc) is 2.95. The van der Waals surface area contributed by atoms with E-state index in [9.17, 15) is 0 Å². The van der Waals surface area contributed by atoms with E-state index >= 15 is 0 Å². The summed E-state index contributed by atoms with van der Waals surface area (Å²) >= 11 is 0. The van der Waals surface area contributed by atoms with Crippen LogP contribution in [0.2, 0.25) is 0 Å². The van der Waals surface area contributed by atoms with E-state index in [1.165, 1.54) is 19.3 Å². The molecule has 0 saturated carbocycles. The third-order valence-corrected chi connectivity index (χ3v) is 3.01. The highest BCUT2D eigenvalue weighted by molar-refractivity contribution is 5.40. The lowest BCUT2D eigenvalue weighted by molar-refractivity contribution is 0.327. The maximum Gasteiger partial charge on any atom is 0.244 e. The molecule has 1 saturated heterocycles. The fraction of sp³-hybridized carbons (Fsp3) is 0.545. The minimum atomic E-state index is 0.189. The first-order valence-corrected chi connectivity index (χ1v) is 6.00. The van der Waals surface area contributed by atoms with Gasteiger partial charge in [0, 0.05) is 12.4 Å². The number of rotatable bonds is 2. The summed E-state index contributed by atoms with van der Waals surface area (Å²) in [5, 5.41) is 7.37. The van der Waals surface area contributed by atoms with Gasteiger partial charge in [-0.05, 0) is 19.4 Å². The van der Waals surface area contributed by atoms with Gasteiger partial charge in [0.15, 0.2) is 5.82 Å². The number of nitrogens with one attached hydrogen (secondary N) is 2. The van der Waals surface area contributed by atoms with Gasteiger partial charge in [-0.3, -0.25) is 0 Å². The van der Waals surface area contributed by atoms with Gasteiger partial charge in [-0.15, -0.1) is 0 Å². The van der Waals surface area contributed by atoms with E-state index < -0.39 is 0 Å². The van der Waals surface area contributed by atoms with Crippen LogP contribution in [0, 0.1) is 0 Å². The molecule has 0 aliphatic carbocycles. The molecule has 0 aromatic carbocycles. The van der Waals surface area contributed by atoms with Crippen LogP contribution < -0.4 is 5.32 Å². The Morgan fingerprint density at radius 2 is 2.29 bits per heavy atom. The van der Waals surface area contributed by atoms with E-state index in [2.05, 4.69) is 25.4 Å². The molecule has 1 unspecified atom stereocenters. The van der Waals surface area contributed by atoms with Gasteiger partial charge in [0.2, 0.25) is 11.7 Å². The summed E-state index contributed by atoms with van der Waals surface area (Å²) < 4.78 is 5.30. The van der Waals surface area contributed by atoms with Crippen LogP contribution >= 0.6 is 0 Å². The fourth-order valence-electron chi connectivity index (χ4n) is 2.10. The Kier molecular flexibility index (Phi) is 2.87. The number of hydrogen-bond donors (Lipinski definition) is 2. The first-order chi connectivity index (χ1) is 8.43. The number of aromatic amines is 1. The normalized spacial score (nSPS) is 21.3. The van der Waals surface area contributed by atoms with Gasteiger partial charge in [-0.25, -0.2) is 4.98 Å². The molecule has 1 atom stereocenters. The highest BCUT2D eigenvalue weighted by Crippen LogP contribution is 2.22. The molecule has 17 heavy (non-hydrogen) atoms. The second-order valence-electron chi connectivity index (χ2n) is 4.25. The Hall–Kier alpha value is -1.69. The van der Waals surface area contributed by atoms with Crippen molar-refractivity contribution < 1.29 is 4.52 Å². The molecule has 3 rings (SSSR count). The van der Waals surface area contributed by atoms with Gasteiger partial charge in [-0.1, -0.05) is 18.0 Å². The lowest BCUT2D eigenvalue weighted by Crippen LogP contribution is -2.20. The minimum Gasteiger partial charge on any atom is -0.342 e. The van der Waals surface area contributed by atoms with Crippen LogP contribution in [0.1, 0.15) is 37.6 Å². The summed E-state index contributed by atoms with van der Waals surface area (Å²) in [4.78, 5) is 11.5. The Morgan fingerprint density at radius 1 is 1.29 bits per heavy atom. The summed E-state index contributed by atoms with van der Waals surface area (Å²) in [7, 11) is 0. The van der Waals surface area contributed by atoms with Gasteiger partial charge < -0.3 is 14.8 Å². The third kappa shape index (κ3) is 2.21. The fourth-order valence-corrected chi connectivity index (χ4v) is 2.10. The van der Waals surface area contributed by atoms with E-state index in [1.54, 1.807) is 12.4 Å². The number of nitrogens with zero attached hydrogens (tertiary/aromatic N) is 3. The summed E-state index contributed by atoms with van der Waals surface area (Å²) in [6.07, 6.45) is 8.17. The largest absolute Gasteiger partial charge is 0.342 e. The smallest absolute Gasteiger partial charge is 0.244 e. The van der Waals surface area contributed by atoms with E-state index in [1.807, 2.05) is 0 Å². The van der Waals surface area contributed by atoms with Crippen molar-refractivity contribution in [3.63, 3.8) is 0 Å². The third-order valence-electron chi connectivity index (χ3n) is 3.01. The summed E-state index contributed by atoms with van der Waals surface area (Å²) in [6.45, 7) is 1.02. The Labute approximate surface area is 98.8 Å². The molecule has 0 spiro atoms. The van der Waals surface area contributed by atoms with Crippen LogP contribution in [0.15, 0.2) is 16.9 Å². The number of H-pyrrole nitrogens is 1. The van der Waals surface area contributed by atoms with E-state index in [0.717, 1.165) is 13.0 Å². The maximum atomic E-state index is 5.30. The zero-order valence-electron chi connectivity index (χ0n) is 9.52. The zero-order valence-corrected chi connectivity index (χ0v) is 9.52. The molecule has 0 bridgehead atoms. The Balaban J connectivity index is 1.79. The number of aromatic nitrogens is 4. The molecule has 0 radical (unpaired) electrons. The van der Waals surface area contributed by atoms with Crippen molar-refractivity contribution >= 4 is 0 Å². The van der Waals surface area contributed by atoms with Crippen molar-refractivity contribution in [3.05, 3.63) is 18.3 Å². The van der Waals surface area contributed by atoms with Gasteiger partial charge in [0.05, 0.1) is 6.04 Å². The lowest BCUT2D eigenvalue weighted by Gasteiger charge is -2.09. The van der Waals surface area contributed by atoms with Crippen molar-refractivity contribution in [2.75, 3.05) is 6.54 Å². The monoisotopic (exact) mass is 233 g/mol. The predicted octanol–water partition coefficient (Wildman–Crippen LogP) is 1.66. The minimum absolute atomic E-state index is 0.189. The summed E-state index contributed by atoms with van der Waals surface area (Å²) in [6, 6.07) is 0.189. The molecule has 3 heterocycles. The molecule has 6 nitrogen and oxygen atoms in total. The molecule has 2 aromatic rings. The van der Waals surface area contributed by atoms with Crippen molar-refractivity contribution in [2.24, 2.45) is 0 Å². The summed E-state index contributed by atoms with van der Waals surface area (Å²) in [5.74, 6) is 1.84. The quantitative estimate of drug-likeness (QED) is 0.824. The van der Waals surface area contributed by atoms with E-state index in [4.69, 9.17) is 4.52 Å². The van der Waals surface area contributed by atoms with Crippen LogP contribution in [-0.2, 0) is 0 Å². The van der Waals surface area contributed by atoms with Crippen LogP contribution in [0.3, 0.4) is 0 Å². The van der Waals surface area contributed by atoms with Crippen LogP contribution in [-0.4, -0.2) is 26.7 Å². The molecule has 1 aliphatic rings. The Bertz CT molecular complexity index is 456. The van der Waals surface area contributed by atoms with Gasteiger partial charge in [0.1, 0.15) is 0 Å². The SMILES string of the molecule is c1c[nH]c(-c2noc(C3CCCCCN3)n2)n1.